The van der Waals surface area contributed by atoms with Crippen molar-refractivity contribution in [2.75, 3.05) is 0 Å². The summed E-state index contributed by atoms with van der Waals surface area (Å²) in [4.78, 5) is 16.7. The van der Waals surface area contributed by atoms with Crippen molar-refractivity contribution in [3.63, 3.8) is 0 Å². The maximum absolute atomic E-state index is 12.5. The molecule has 1 amide bonds. The number of hydrogen-bond donors (Lipinski definition) is 2. The average molecular weight is 341 g/mol. The Morgan fingerprint density at radius 2 is 2.00 bits per heavy atom. The topological polar surface area (TPSA) is 61.7 Å². The summed E-state index contributed by atoms with van der Waals surface area (Å²) in [7, 11) is 0. The normalized spacial score (nSPS) is 16.7. The van der Waals surface area contributed by atoms with E-state index in [-0.39, 0.29) is 17.2 Å². The molecule has 0 unspecified atom stereocenters. The molecule has 0 spiro atoms. The lowest BCUT2D eigenvalue weighted by atomic mass is 9.99. The SMILES string of the molecule is O=C(NCc1ccc(Cl)cc1)C1=CC=C2C=CC=NC(=C1O)CC2. The number of amides is 1. The molecule has 122 valence electrons. The van der Waals surface area contributed by atoms with E-state index >= 15 is 0 Å². The number of halogens is 1. The Morgan fingerprint density at radius 1 is 1.21 bits per heavy atom. The van der Waals surface area contributed by atoms with Crippen molar-refractivity contribution >= 4 is 23.7 Å². The molecule has 0 fully saturated rings. The lowest BCUT2D eigenvalue weighted by Gasteiger charge is -2.15. The Bertz CT molecular complexity index is 799. The molecule has 2 aliphatic rings. The summed E-state index contributed by atoms with van der Waals surface area (Å²) >= 11 is 5.85. The number of rotatable bonds is 3. The second-order valence-electron chi connectivity index (χ2n) is 5.56. The minimum atomic E-state index is -0.336. The fourth-order valence-corrected chi connectivity index (χ4v) is 2.64. The van der Waals surface area contributed by atoms with Crippen LogP contribution in [0.1, 0.15) is 18.4 Å². The number of hydrogen-bond acceptors (Lipinski definition) is 3. The summed E-state index contributed by atoms with van der Waals surface area (Å²) in [6.45, 7) is 0.357. The number of aliphatic imine (C=N–C) groups is 1. The Kier molecular flexibility index (Phi) is 4.96. The van der Waals surface area contributed by atoms with Crippen molar-refractivity contribution < 1.29 is 9.90 Å². The van der Waals surface area contributed by atoms with Crippen LogP contribution in [0.4, 0.5) is 0 Å². The van der Waals surface area contributed by atoms with Gasteiger partial charge in [-0.25, -0.2) is 0 Å². The highest BCUT2D eigenvalue weighted by Gasteiger charge is 2.19. The van der Waals surface area contributed by atoms with Crippen LogP contribution >= 0.6 is 11.6 Å². The maximum Gasteiger partial charge on any atom is 0.255 e. The molecular weight excluding hydrogens is 324 g/mol. The van der Waals surface area contributed by atoms with Crippen LogP contribution in [0.2, 0.25) is 5.02 Å². The van der Waals surface area contributed by atoms with Gasteiger partial charge in [0.2, 0.25) is 0 Å². The molecule has 0 radical (unpaired) electrons. The van der Waals surface area contributed by atoms with E-state index in [9.17, 15) is 9.90 Å². The van der Waals surface area contributed by atoms with E-state index in [0.717, 1.165) is 17.6 Å². The maximum atomic E-state index is 12.5. The van der Waals surface area contributed by atoms with Gasteiger partial charge in [-0.15, -0.1) is 0 Å². The van der Waals surface area contributed by atoms with E-state index in [2.05, 4.69) is 10.3 Å². The molecule has 2 bridgehead atoms. The second-order valence-corrected chi connectivity index (χ2v) is 6.00. The van der Waals surface area contributed by atoms with E-state index in [1.54, 1.807) is 24.4 Å². The monoisotopic (exact) mass is 340 g/mol. The smallest absolute Gasteiger partial charge is 0.255 e. The zero-order valence-corrected chi connectivity index (χ0v) is 13.8. The van der Waals surface area contributed by atoms with Gasteiger partial charge in [-0.3, -0.25) is 9.79 Å². The van der Waals surface area contributed by atoms with Gasteiger partial charge in [-0.05, 0) is 48.3 Å². The molecule has 1 aliphatic heterocycles. The molecule has 24 heavy (non-hydrogen) atoms. The first-order chi connectivity index (χ1) is 11.6. The van der Waals surface area contributed by atoms with Gasteiger partial charge < -0.3 is 10.4 Å². The number of allylic oxidation sites excluding steroid dienone is 6. The number of aliphatic hydroxyl groups excluding tert-OH is 1. The van der Waals surface area contributed by atoms with Crippen molar-refractivity contribution in [2.45, 2.75) is 19.4 Å². The van der Waals surface area contributed by atoms with Gasteiger partial charge in [0.1, 0.15) is 5.76 Å². The van der Waals surface area contributed by atoms with Gasteiger partial charge in [0.25, 0.3) is 5.91 Å². The Hall–Kier alpha value is -2.59. The fourth-order valence-electron chi connectivity index (χ4n) is 2.52. The molecule has 1 aromatic rings. The molecule has 1 aliphatic carbocycles. The molecule has 4 nitrogen and oxygen atoms in total. The van der Waals surface area contributed by atoms with Gasteiger partial charge in [-0.2, -0.15) is 0 Å². The summed E-state index contributed by atoms with van der Waals surface area (Å²) in [6, 6.07) is 7.24. The van der Waals surface area contributed by atoms with E-state index in [0.29, 0.717) is 23.7 Å². The van der Waals surface area contributed by atoms with E-state index < -0.39 is 0 Å². The van der Waals surface area contributed by atoms with Gasteiger partial charge in [0.15, 0.2) is 0 Å². The predicted molar refractivity (Wildman–Crippen MR) is 96.0 cm³/mol. The number of aliphatic hydroxyl groups is 1. The van der Waals surface area contributed by atoms with Crippen molar-refractivity contribution in [3.05, 3.63) is 81.8 Å². The molecule has 0 aromatic heterocycles. The summed E-state index contributed by atoms with van der Waals surface area (Å²) in [5.74, 6) is -0.400. The Labute approximate surface area is 145 Å². The minimum Gasteiger partial charge on any atom is -0.505 e. The molecule has 3 rings (SSSR count). The molecular formula is C19H17ClN2O2. The highest BCUT2D eigenvalue weighted by molar-refractivity contribution is 6.30. The van der Waals surface area contributed by atoms with Crippen LogP contribution in [0.25, 0.3) is 0 Å². The van der Waals surface area contributed by atoms with Crippen LogP contribution in [-0.4, -0.2) is 17.2 Å². The van der Waals surface area contributed by atoms with Crippen LogP contribution in [-0.2, 0) is 11.3 Å². The first-order valence-corrected chi connectivity index (χ1v) is 8.08. The average Bonchev–Trinajstić information content (AvgIpc) is 2.55. The van der Waals surface area contributed by atoms with Crippen LogP contribution in [0.15, 0.2) is 76.2 Å². The first kappa shape index (κ1) is 16.3. The Balaban J connectivity index is 1.81. The summed E-state index contributed by atoms with van der Waals surface area (Å²) in [5, 5.41) is 13.9. The summed E-state index contributed by atoms with van der Waals surface area (Å²) < 4.78 is 0. The molecule has 1 heterocycles. The molecule has 1 aromatic carbocycles. The highest BCUT2D eigenvalue weighted by atomic mass is 35.5. The number of carbonyl (C=O) groups is 1. The molecule has 0 saturated carbocycles. The number of nitrogens with zero attached hydrogens (tertiary/aromatic N) is 1. The highest BCUT2D eigenvalue weighted by Crippen LogP contribution is 2.25. The quantitative estimate of drug-likeness (QED) is 0.873. The number of carbonyl (C=O) groups excluding carboxylic acids is 1. The summed E-state index contributed by atoms with van der Waals surface area (Å²) in [6.07, 6.45) is 10.3. The third-order valence-electron chi connectivity index (χ3n) is 3.88. The fraction of sp³-hybridized carbons (Fsp3) is 0.158. The number of fused-ring (bicyclic) bond motifs is 3. The van der Waals surface area contributed by atoms with E-state index in [1.165, 1.54) is 0 Å². The molecule has 2 N–H and O–H groups in total. The van der Waals surface area contributed by atoms with Crippen LogP contribution in [0.3, 0.4) is 0 Å². The lowest BCUT2D eigenvalue weighted by molar-refractivity contribution is -0.117. The predicted octanol–water partition coefficient (Wildman–Crippen LogP) is 4.01. The minimum absolute atomic E-state index is 0.0644. The molecule has 0 atom stereocenters. The molecule has 0 saturated heterocycles. The lowest BCUT2D eigenvalue weighted by Crippen LogP contribution is -2.26. The van der Waals surface area contributed by atoms with Crippen LogP contribution < -0.4 is 5.32 Å². The number of benzene rings is 1. The largest absolute Gasteiger partial charge is 0.505 e. The van der Waals surface area contributed by atoms with E-state index in [1.807, 2.05) is 30.4 Å². The third-order valence-corrected chi connectivity index (χ3v) is 4.13. The van der Waals surface area contributed by atoms with Crippen LogP contribution in [0.5, 0.6) is 0 Å². The van der Waals surface area contributed by atoms with Gasteiger partial charge in [0, 0.05) is 17.8 Å². The first-order valence-electron chi connectivity index (χ1n) is 7.70. The van der Waals surface area contributed by atoms with Gasteiger partial charge in [-0.1, -0.05) is 35.9 Å². The van der Waals surface area contributed by atoms with Crippen molar-refractivity contribution in [3.8, 4) is 0 Å². The van der Waals surface area contributed by atoms with Crippen LogP contribution in [0, 0.1) is 0 Å². The van der Waals surface area contributed by atoms with Gasteiger partial charge in [0.05, 0.1) is 11.3 Å². The second kappa shape index (κ2) is 7.32. The number of nitrogens with one attached hydrogen (secondary N) is 1. The summed E-state index contributed by atoms with van der Waals surface area (Å²) in [5.41, 5.74) is 2.77. The van der Waals surface area contributed by atoms with Crippen molar-refractivity contribution in [2.24, 2.45) is 4.99 Å². The van der Waals surface area contributed by atoms with Crippen molar-refractivity contribution in [1.29, 1.82) is 0 Å². The zero-order valence-electron chi connectivity index (χ0n) is 13.0. The zero-order chi connectivity index (χ0) is 16.9. The third kappa shape index (κ3) is 3.84. The molecule has 5 heteroatoms. The Morgan fingerprint density at radius 3 is 2.79 bits per heavy atom. The van der Waals surface area contributed by atoms with Gasteiger partial charge >= 0.3 is 0 Å². The van der Waals surface area contributed by atoms with E-state index in [4.69, 9.17) is 11.6 Å². The standard InChI is InChI=1S/C19H17ClN2O2/c20-15-7-3-14(4-8-15)12-22-19(24)16-9-5-13-2-1-11-21-17(10-6-13)18(16)23/h1-5,7-9,11,23H,6,10,12H2,(H,22,24). The van der Waals surface area contributed by atoms with Crippen molar-refractivity contribution in [1.82, 2.24) is 5.32 Å².